The summed E-state index contributed by atoms with van der Waals surface area (Å²) in [4.78, 5) is 9.04. The fourth-order valence-corrected chi connectivity index (χ4v) is 3.60. The molecule has 0 radical (unpaired) electrons. The first-order valence-corrected chi connectivity index (χ1v) is 10.2. The van der Waals surface area contributed by atoms with Gasteiger partial charge in [0.1, 0.15) is 0 Å². The second kappa shape index (κ2) is 7.75. The van der Waals surface area contributed by atoms with Crippen LogP contribution in [-0.2, 0) is 16.4 Å². The maximum atomic E-state index is 12.2. The molecule has 1 aromatic heterocycles. The summed E-state index contributed by atoms with van der Waals surface area (Å²) < 4.78 is 24.5. The van der Waals surface area contributed by atoms with Gasteiger partial charge >= 0.3 is 0 Å². The van der Waals surface area contributed by atoms with Gasteiger partial charge in [0.25, 0.3) is 0 Å². The minimum atomic E-state index is -3.30. The summed E-state index contributed by atoms with van der Waals surface area (Å²) in [6, 6.07) is 16.6. The summed E-state index contributed by atoms with van der Waals surface area (Å²) in [6.07, 6.45) is 1.58. The molecule has 0 saturated carbocycles. The van der Waals surface area contributed by atoms with E-state index in [-0.39, 0.29) is 0 Å². The topological polar surface area (TPSA) is 98.0 Å². The number of nitrogens with two attached hydrogens (primary N) is 1. The van der Waals surface area contributed by atoms with E-state index in [1.807, 2.05) is 30.3 Å². The Bertz CT molecular complexity index is 1020. The Morgan fingerprint density at radius 2 is 1.70 bits per heavy atom. The van der Waals surface area contributed by atoms with Gasteiger partial charge in [0.2, 0.25) is 0 Å². The number of anilines is 2. The number of hydrogen-bond acceptors (Lipinski definition) is 6. The van der Waals surface area contributed by atoms with Crippen molar-refractivity contribution in [2.24, 2.45) is 0 Å². The Morgan fingerprint density at radius 1 is 1.04 bits per heavy atom. The minimum absolute atomic E-state index is 0.298. The van der Waals surface area contributed by atoms with Crippen LogP contribution in [0.5, 0.6) is 0 Å². The number of benzene rings is 2. The molecule has 0 amide bonds. The molecule has 3 aromatic rings. The molecule has 1 heterocycles. The zero-order valence-corrected chi connectivity index (χ0v) is 16.1. The Balaban J connectivity index is 1.83. The standard InChI is InChI=1S/C20H22N4O2S/c1-14(2)27(25,26)17-10-8-16(9-11-17)18-13-22-19(21)20(24-18)23-12-15-6-4-3-5-7-15/h3-11,13-14H,12H2,1-2H3,(H2,21,22)(H,23,24). The molecule has 6 nitrogen and oxygen atoms in total. The SMILES string of the molecule is CC(C)S(=O)(=O)c1ccc(-c2cnc(N)c(NCc3ccccc3)n2)cc1. The predicted octanol–water partition coefficient (Wildman–Crippen LogP) is 3.52. The third kappa shape index (κ3) is 4.25. The predicted molar refractivity (Wildman–Crippen MR) is 108 cm³/mol. The van der Waals surface area contributed by atoms with Gasteiger partial charge in [-0.1, -0.05) is 42.5 Å². The Labute approximate surface area is 159 Å². The van der Waals surface area contributed by atoms with Crippen molar-refractivity contribution in [1.29, 1.82) is 0 Å². The second-order valence-electron chi connectivity index (χ2n) is 6.45. The van der Waals surface area contributed by atoms with E-state index in [4.69, 9.17) is 5.73 Å². The van der Waals surface area contributed by atoms with Crippen LogP contribution in [0.2, 0.25) is 0 Å². The highest BCUT2D eigenvalue weighted by atomic mass is 32.2. The fourth-order valence-electron chi connectivity index (χ4n) is 2.54. The van der Waals surface area contributed by atoms with Crippen molar-refractivity contribution in [2.45, 2.75) is 30.5 Å². The maximum Gasteiger partial charge on any atom is 0.180 e. The molecule has 27 heavy (non-hydrogen) atoms. The summed E-state index contributed by atoms with van der Waals surface area (Å²) in [5.41, 5.74) is 8.42. The van der Waals surface area contributed by atoms with Crippen LogP contribution < -0.4 is 11.1 Å². The van der Waals surface area contributed by atoms with Gasteiger partial charge < -0.3 is 11.1 Å². The van der Waals surface area contributed by atoms with Gasteiger partial charge in [0.15, 0.2) is 21.5 Å². The van der Waals surface area contributed by atoms with Gasteiger partial charge in [0.05, 0.1) is 22.0 Å². The van der Waals surface area contributed by atoms with Gasteiger partial charge in [0, 0.05) is 12.1 Å². The molecule has 7 heteroatoms. The minimum Gasteiger partial charge on any atom is -0.381 e. The van der Waals surface area contributed by atoms with Crippen LogP contribution in [0.3, 0.4) is 0 Å². The molecule has 0 bridgehead atoms. The Kier molecular flexibility index (Phi) is 5.41. The van der Waals surface area contributed by atoms with Crippen LogP contribution in [0.15, 0.2) is 65.7 Å². The van der Waals surface area contributed by atoms with Gasteiger partial charge in [-0.05, 0) is 31.5 Å². The van der Waals surface area contributed by atoms with E-state index in [0.29, 0.717) is 28.8 Å². The number of nitrogen functional groups attached to an aromatic ring is 1. The molecule has 140 valence electrons. The normalized spacial score (nSPS) is 11.5. The first kappa shape index (κ1) is 18.8. The van der Waals surface area contributed by atoms with E-state index in [1.165, 1.54) is 0 Å². The van der Waals surface area contributed by atoms with Crippen LogP contribution >= 0.6 is 0 Å². The molecule has 0 fully saturated rings. The number of sulfone groups is 1. The zero-order valence-electron chi connectivity index (χ0n) is 15.3. The second-order valence-corrected chi connectivity index (χ2v) is 8.95. The van der Waals surface area contributed by atoms with E-state index >= 15 is 0 Å². The smallest absolute Gasteiger partial charge is 0.180 e. The summed E-state index contributed by atoms with van der Waals surface area (Å²) in [6.45, 7) is 3.91. The molecule has 0 aliphatic heterocycles. The van der Waals surface area contributed by atoms with Crippen molar-refractivity contribution in [1.82, 2.24) is 9.97 Å². The number of rotatable bonds is 6. The zero-order chi connectivity index (χ0) is 19.4. The molecule has 0 aliphatic carbocycles. The number of nitrogens with one attached hydrogen (secondary N) is 1. The molecular weight excluding hydrogens is 360 g/mol. The molecule has 0 atom stereocenters. The summed E-state index contributed by atoms with van der Waals surface area (Å²) in [7, 11) is -3.30. The third-order valence-electron chi connectivity index (χ3n) is 4.20. The van der Waals surface area contributed by atoms with Crippen molar-refractivity contribution in [2.75, 3.05) is 11.1 Å². The van der Waals surface area contributed by atoms with Gasteiger partial charge in [-0.3, -0.25) is 0 Å². The molecule has 0 spiro atoms. The van der Waals surface area contributed by atoms with Gasteiger partial charge in [-0.25, -0.2) is 18.4 Å². The Hall–Kier alpha value is -2.93. The van der Waals surface area contributed by atoms with Crippen LogP contribution in [0.25, 0.3) is 11.3 Å². The van der Waals surface area contributed by atoms with Crippen LogP contribution in [-0.4, -0.2) is 23.6 Å². The van der Waals surface area contributed by atoms with Gasteiger partial charge in [-0.2, -0.15) is 0 Å². The summed E-state index contributed by atoms with van der Waals surface area (Å²) in [5, 5.41) is 2.73. The van der Waals surface area contributed by atoms with Crippen molar-refractivity contribution >= 4 is 21.5 Å². The quantitative estimate of drug-likeness (QED) is 0.677. The number of hydrogen-bond donors (Lipinski definition) is 2. The molecule has 0 unspecified atom stereocenters. The van der Waals surface area contributed by atoms with Crippen molar-refractivity contribution in [3.8, 4) is 11.3 Å². The van der Waals surface area contributed by atoms with E-state index in [1.54, 1.807) is 44.3 Å². The van der Waals surface area contributed by atoms with Gasteiger partial charge in [-0.15, -0.1) is 0 Å². The molecule has 2 aromatic carbocycles. The van der Waals surface area contributed by atoms with E-state index in [9.17, 15) is 8.42 Å². The lowest BCUT2D eigenvalue weighted by Crippen LogP contribution is -2.13. The summed E-state index contributed by atoms with van der Waals surface area (Å²) in [5.74, 6) is 0.809. The van der Waals surface area contributed by atoms with Crippen LogP contribution in [0.1, 0.15) is 19.4 Å². The lowest BCUT2D eigenvalue weighted by atomic mass is 10.1. The largest absolute Gasteiger partial charge is 0.381 e. The lowest BCUT2D eigenvalue weighted by molar-refractivity contribution is 0.587. The highest BCUT2D eigenvalue weighted by Gasteiger charge is 2.19. The van der Waals surface area contributed by atoms with Crippen LogP contribution in [0, 0.1) is 0 Å². The van der Waals surface area contributed by atoms with Crippen LogP contribution in [0.4, 0.5) is 11.6 Å². The molecular formula is C20H22N4O2S. The molecule has 3 N–H and O–H groups in total. The molecule has 0 aliphatic rings. The highest BCUT2D eigenvalue weighted by Crippen LogP contribution is 2.24. The Morgan fingerprint density at radius 3 is 2.33 bits per heavy atom. The monoisotopic (exact) mass is 382 g/mol. The number of aromatic nitrogens is 2. The number of nitrogens with zero attached hydrogens (tertiary/aromatic N) is 2. The average molecular weight is 382 g/mol. The first-order chi connectivity index (χ1) is 12.9. The van der Waals surface area contributed by atoms with E-state index < -0.39 is 15.1 Å². The molecule has 3 rings (SSSR count). The van der Waals surface area contributed by atoms with Crippen molar-refractivity contribution in [3.63, 3.8) is 0 Å². The first-order valence-electron chi connectivity index (χ1n) is 8.62. The third-order valence-corrected chi connectivity index (χ3v) is 6.37. The average Bonchev–Trinajstić information content (AvgIpc) is 2.68. The molecule has 0 saturated heterocycles. The lowest BCUT2D eigenvalue weighted by Gasteiger charge is -2.11. The van der Waals surface area contributed by atoms with Crippen molar-refractivity contribution < 1.29 is 8.42 Å². The highest BCUT2D eigenvalue weighted by molar-refractivity contribution is 7.92. The van der Waals surface area contributed by atoms with E-state index in [0.717, 1.165) is 11.1 Å². The fraction of sp³-hybridized carbons (Fsp3) is 0.200. The summed E-state index contributed by atoms with van der Waals surface area (Å²) >= 11 is 0. The maximum absolute atomic E-state index is 12.2. The van der Waals surface area contributed by atoms with Crippen molar-refractivity contribution in [3.05, 3.63) is 66.4 Å². The van der Waals surface area contributed by atoms with E-state index in [2.05, 4.69) is 15.3 Å².